The number of benzene rings is 1. The third kappa shape index (κ3) is 3.99. The van der Waals surface area contributed by atoms with E-state index in [-0.39, 0.29) is 9.88 Å². The Balaban J connectivity index is 3.11. The van der Waals surface area contributed by atoms with Gasteiger partial charge in [-0.05, 0) is 13.0 Å². The van der Waals surface area contributed by atoms with Crippen molar-refractivity contribution in [1.82, 2.24) is 4.31 Å². The number of likely N-dealkylation sites (N-methyl/N-ethyl adjacent to an activating group) is 1. The van der Waals surface area contributed by atoms with Gasteiger partial charge in [-0.15, -0.1) is 0 Å². The lowest BCUT2D eigenvalue weighted by Crippen LogP contribution is -2.35. The van der Waals surface area contributed by atoms with Crippen molar-refractivity contribution in [3.63, 3.8) is 0 Å². The van der Waals surface area contributed by atoms with Crippen LogP contribution in [0.2, 0.25) is 0 Å². The van der Waals surface area contributed by atoms with Gasteiger partial charge in [0, 0.05) is 25.3 Å². The maximum atomic E-state index is 12.6. The Bertz CT molecular complexity index is 558. The number of nitrogens with zero attached hydrogens (tertiary/aromatic N) is 1. The Morgan fingerprint density at radius 2 is 2.00 bits per heavy atom. The molecule has 5 nitrogen and oxygen atoms in total. The van der Waals surface area contributed by atoms with Gasteiger partial charge in [-0.3, -0.25) is 0 Å². The first-order chi connectivity index (χ1) is 9.45. The van der Waals surface area contributed by atoms with Crippen molar-refractivity contribution in [3.05, 3.63) is 29.8 Å². The highest BCUT2D eigenvalue weighted by atomic mass is 32.2. The summed E-state index contributed by atoms with van der Waals surface area (Å²) in [5.74, 6) is 0. The van der Waals surface area contributed by atoms with Gasteiger partial charge in [0.1, 0.15) is 4.99 Å². The van der Waals surface area contributed by atoms with E-state index in [1.807, 2.05) is 6.92 Å². The lowest BCUT2D eigenvalue weighted by Gasteiger charge is -2.21. The molecule has 0 aliphatic carbocycles. The molecule has 0 spiro atoms. The van der Waals surface area contributed by atoms with Crippen molar-refractivity contribution in [1.29, 1.82) is 0 Å². The number of sulfonamides is 1. The number of nitrogens with two attached hydrogens (primary N) is 1. The predicted octanol–water partition coefficient (Wildman–Crippen LogP) is 1.37. The number of thiocarbonyl (C=S) groups is 1. The Hall–Kier alpha value is -1.02. The van der Waals surface area contributed by atoms with Crippen LogP contribution in [0.5, 0.6) is 0 Å². The maximum absolute atomic E-state index is 12.6. The molecule has 0 fully saturated rings. The van der Waals surface area contributed by atoms with Crippen molar-refractivity contribution < 1.29 is 13.2 Å². The van der Waals surface area contributed by atoms with E-state index in [0.717, 1.165) is 0 Å². The van der Waals surface area contributed by atoms with Crippen LogP contribution in [0.15, 0.2) is 29.2 Å². The normalized spacial score (nSPS) is 11.8. The van der Waals surface area contributed by atoms with Gasteiger partial charge in [-0.1, -0.05) is 37.3 Å². The van der Waals surface area contributed by atoms with Gasteiger partial charge < -0.3 is 10.5 Å². The number of ether oxygens (including phenoxy) is 1. The number of hydrogen-bond donors (Lipinski definition) is 1. The molecule has 0 aromatic heterocycles. The van der Waals surface area contributed by atoms with Gasteiger partial charge in [-0.25, -0.2) is 8.42 Å². The second-order valence-electron chi connectivity index (χ2n) is 4.05. The SMILES string of the molecule is CCOCCN(CC)S(=O)(=O)c1ccccc1C(N)=S. The molecule has 0 saturated carbocycles. The highest BCUT2D eigenvalue weighted by molar-refractivity contribution is 7.89. The number of rotatable bonds is 8. The fourth-order valence-electron chi connectivity index (χ4n) is 1.79. The van der Waals surface area contributed by atoms with Crippen molar-refractivity contribution in [2.45, 2.75) is 18.7 Å². The highest BCUT2D eigenvalue weighted by Crippen LogP contribution is 2.20. The molecule has 2 N–H and O–H groups in total. The Labute approximate surface area is 125 Å². The zero-order valence-corrected chi connectivity index (χ0v) is 13.3. The summed E-state index contributed by atoms with van der Waals surface area (Å²) in [6, 6.07) is 6.51. The Morgan fingerprint density at radius 3 is 2.55 bits per heavy atom. The molecule has 0 amide bonds. The molecule has 112 valence electrons. The van der Waals surface area contributed by atoms with E-state index >= 15 is 0 Å². The lowest BCUT2D eigenvalue weighted by atomic mass is 10.2. The summed E-state index contributed by atoms with van der Waals surface area (Å²) in [6.07, 6.45) is 0. The van der Waals surface area contributed by atoms with E-state index < -0.39 is 10.0 Å². The summed E-state index contributed by atoms with van der Waals surface area (Å²) in [5, 5.41) is 0. The van der Waals surface area contributed by atoms with Crippen molar-refractivity contribution >= 4 is 27.2 Å². The van der Waals surface area contributed by atoms with Crippen molar-refractivity contribution in [2.75, 3.05) is 26.3 Å². The zero-order valence-electron chi connectivity index (χ0n) is 11.7. The van der Waals surface area contributed by atoms with E-state index in [9.17, 15) is 8.42 Å². The molecule has 0 bridgehead atoms. The van der Waals surface area contributed by atoms with Crippen LogP contribution in [0.4, 0.5) is 0 Å². The summed E-state index contributed by atoms with van der Waals surface area (Å²) in [6.45, 7) is 5.24. The first kappa shape index (κ1) is 17.0. The first-order valence-electron chi connectivity index (χ1n) is 6.41. The summed E-state index contributed by atoms with van der Waals surface area (Å²) in [4.78, 5) is 0.218. The molecule has 0 heterocycles. The molecule has 0 radical (unpaired) electrons. The fraction of sp³-hybridized carbons (Fsp3) is 0.462. The van der Waals surface area contributed by atoms with Gasteiger partial charge in [0.05, 0.1) is 11.5 Å². The average Bonchev–Trinajstić information content (AvgIpc) is 2.43. The van der Waals surface area contributed by atoms with Gasteiger partial charge in [-0.2, -0.15) is 4.31 Å². The molecular weight excluding hydrogens is 296 g/mol. The van der Waals surface area contributed by atoms with Crippen molar-refractivity contribution in [2.24, 2.45) is 5.73 Å². The molecule has 0 unspecified atom stereocenters. The molecule has 1 rings (SSSR count). The van der Waals surface area contributed by atoms with Crippen LogP contribution >= 0.6 is 12.2 Å². The summed E-state index contributed by atoms with van der Waals surface area (Å²) in [7, 11) is -3.62. The van der Waals surface area contributed by atoms with Gasteiger partial charge in [0.2, 0.25) is 10.0 Å². The number of hydrogen-bond acceptors (Lipinski definition) is 4. The van der Waals surface area contributed by atoms with Crippen LogP contribution in [-0.4, -0.2) is 44.0 Å². The molecule has 20 heavy (non-hydrogen) atoms. The fourth-order valence-corrected chi connectivity index (χ4v) is 3.68. The van der Waals surface area contributed by atoms with E-state index in [1.54, 1.807) is 25.1 Å². The zero-order chi connectivity index (χ0) is 15.2. The molecule has 0 aliphatic rings. The molecule has 7 heteroatoms. The predicted molar refractivity (Wildman–Crippen MR) is 83.3 cm³/mol. The molecule has 1 aromatic rings. The minimum absolute atomic E-state index is 0.0741. The smallest absolute Gasteiger partial charge is 0.243 e. The van der Waals surface area contributed by atoms with Crippen LogP contribution in [0, 0.1) is 0 Å². The monoisotopic (exact) mass is 316 g/mol. The van der Waals surface area contributed by atoms with E-state index in [0.29, 0.717) is 31.9 Å². The van der Waals surface area contributed by atoms with Crippen LogP contribution < -0.4 is 5.73 Å². The van der Waals surface area contributed by atoms with E-state index in [1.165, 1.54) is 10.4 Å². The topological polar surface area (TPSA) is 72.6 Å². The standard InChI is InChI=1S/C13H20N2O3S2/c1-3-15(9-10-18-4-2)20(16,17)12-8-6-5-7-11(12)13(14)19/h5-8H,3-4,9-10H2,1-2H3,(H2,14,19). The quantitative estimate of drug-likeness (QED) is 0.579. The minimum atomic E-state index is -3.62. The van der Waals surface area contributed by atoms with E-state index in [4.69, 9.17) is 22.7 Å². The van der Waals surface area contributed by atoms with Gasteiger partial charge in [0.25, 0.3) is 0 Å². The maximum Gasteiger partial charge on any atom is 0.243 e. The third-order valence-electron chi connectivity index (χ3n) is 2.81. The lowest BCUT2D eigenvalue weighted by molar-refractivity contribution is 0.135. The molecule has 1 aromatic carbocycles. The average molecular weight is 316 g/mol. The molecule has 0 saturated heterocycles. The Kier molecular flexibility index (Phi) is 6.54. The summed E-state index contributed by atoms with van der Waals surface area (Å²) >= 11 is 4.92. The first-order valence-corrected chi connectivity index (χ1v) is 8.26. The second kappa shape index (κ2) is 7.68. The molecular formula is C13H20N2O3S2. The van der Waals surface area contributed by atoms with E-state index in [2.05, 4.69) is 0 Å². The Morgan fingerprint density at radius 1 is 1.35 bits per heavy atom. The third-order valence-corrected chi connectivity index (χ3v) is 5.06. The summed E-state index contributed by atoms with van der Waals surface area (Å²) < 4.78 is 31.9. The van der Waals surface area contributed by atoms with Crippen LogP contribution in [0.1, 0.15) is 19.4 Å². The van der Waals surface area contributed by atoms with Crippen molar-refractivity contribution in [3.8, 4) is 0 Å². The van der Waals surface area contributed by atoms with Crippen LogP contribution in [-0.2, 0) is 14.8 Å². The second-order valence-corrected chi connectivity index (χ2v) is 6.40. The molecule has 0 aliphatic heterocycles. The highest BCUT2D eigenvalue weighted by Gasteiger charge is 2.25. The van der Waals surface area contributed by atoms with Crippen LogP contribution in [0.25, 0.3) is 0 Å². The van der Waals surface area contributed by atoms with Gasteiger partial charge >= 0.3 is 0 Å². The summed E-state index contributed by atoms with van der Waals surface area (Å²) in [5.41, 5.74) is 5.97. The molecule has 0 atom stereocenters. The van der Waals surface area contributed by atoms with Gasteiger partial charge in [0.15, 0.2) is 0 Å². The minimum Gasteiger partial charge on any atom is -0.389 e. The van der Waals surface area contributed by atoms with Crippen LogP contribution in [0.3, 0.4) is 0 Å². The largest absolute Gasteiger partial charge is 0.389 e.